The lowest BCUT2D eigenvalue weighted by atomic mass is 11.0. The van der Waals surface area contributed by atoms with Crippen LogP contribution in [0.2, 0.25) is 0 Å². The number of aromatic nitrogens is 2. The molecule has 0 atom stereocenters. The van der Waals surface area contributed by atoms with Crippen molar-refractivity contribution < 1.29 is 5.21 Å². The first-order valence-corrected chi connectivity index (χ1v) is 2.48. The van der Waals surface area contributed by atoms with E-state index in [2.05, 4.69) is 20.9 Å². The lowest BCUT2D eigenvalue weighted by molar-refractivity contribution is 0.179. The Hall–Kier alpha value is -0.220. The second kappa shape index (κ2) is 2.94. The van der Waals surface area contributed by atoms with Gasteiger partial charge < -0.3 is 5.21 Å². The van der Waals surface area contributed by atoms with Crippen LogP contribution in [-0.2, 0) is 0 Å². The molecule has 1 aromatic rings. The van der Waals surface area contributed by atoms with E-state index in [0.29, 0.717) is 4.73 Å². The Morgan fingerprint density at radius 3 is 2.50 bits per heavy atom. The van der Waals surface area contributed by atoms with Crippen LogP contribution in [0.15, 0.2) is 17.1 Å². The number of imidazole rings is 1. The van der Waals surface area contributed by atoms with Gasteiger partial charge >= 0.3 is 0 Å². The molecule has 0 saturated heterocycles. The molecule has 0 spiro atoms. The van der Waals surface area contributed by atoms with Crippen molar-refractivity contribution in [3.8, 4) is 0 Å². The Bertz CT molecular complexity index is 150. The highest BCUT2D eigenvalue weighted by molar-refractivity contribution is 9.10. The normalized spacial score (nSPS) is 8.12. The van der Waals surface area contributed by atoms with Crippen molar-refractivity contribution in [3.63, 3.8) is 0 Å². The van der Waals surface area contributed by atoms with Gasteiger partial charge in [0.15, 0.2) is 0 Å². The summed E-state index contributed by atoms with van der Waals surface area (Å²) in [5, 5.41) is 8.57. The third-order valence-corrected chi connectivity index (χ3v) is 1.15. The molecule has 5 heteroatoms. The molecule has 0 aliphatic carbocycles. The van der Waals surface area contributed by atoms with E-state index < -0.39 is 0 Å². The summed E-state index contributed by atoms with van der Waals surface area (Å²) in [5.41, 5.74) is 0. The van der Waals surface area contributed by atoms with Crippen LogP contribution in [0, 0.1) is 0 Å². The van der Waals surface area contributed by atoms with Gasteiger partial charge in [-0.25, -0.2) is 4.98 Å². The van der Waals surface area contributed by atoms with E-state index in [1.807, 2.05) is 0 Å². The van der Waals surface area contributed by atoms with Crippen molar-refractivity contribution in [1.29, 1.82) is 0 Å². The quantitative estimate of drug-likeness (QED) is 0.640. The van der Waals surface area contributed by atoms with E-state index in [9.17, 15) is 0 Å². The molecule has 0 bridgehead atoms. The topological polar surface area (TPSA) is 38.0 Å². The third-order valence-electron chi connectivity index (χ3n) is 0.578. The molecule has 1 heterocycles. The number of halogens is 2. The van der Waals surface area contributed by atoms with Crippen molar-refractivity contribution in [2.45, 2.75) is 0 Å². The zero-order chi connectivity index (χ0) is 5.28. The summed E-state index contributed by atoms with van der Waals surface area (Å²) in [6, 6.07) is 0. The van der Waals surface area contributed by atoms with E-state index in [-0.39, 0.29) is 12.4 Å². The first kappa shape index (κ1) is 7.78. The van der Waals surface area contributed by atoms with Gasteiger partial charge in [0.1, 0.15) is 0 Å². The predicted octanol–water partition coefficient (Wildman–Crippen LogP) is 1.30. The second-order valence-electron chi connectivity index (χ2n) is 1.04. The van der Waals surface area contributed by atoms with Gasteiger partial charge in [0.2, 0.25) is 4.73 Å². The Kier molecular flexibility index (Phi) is 2.86. The maximum absolute atomic E-state index is 8.57. The molecule has 0 radical (unpaired) electrons. The third kappa shape index (κ3) is 1.38. The molecule has 0 amide bonds. The van der Waals surface area contributed by atoms with Crippen molar-refractivity contribution in [1.82, 2.24) is 9.71 Å². The maximum atomic E-state index is 8.57. The number of hydrogen-bond donors (Lipinski definition) is 1. The minimum absolute atomic E-state index is 0. The number of rotatable bonds is 0. The fourth-order valence-corrected chi connectivity index (χ4v) is 0.515. The summed E-state index contributed by atoms with van der Waals surface area (Å²) in [5.74, 6) is 0. The molecular formula is C3H4BrClN2O. The van der Waals surface area contributed by atoms with Gasteiger partial charge in [-0.15, -0.1) is 12.4 Å². The molecule has 46 valence electrons. The van der Waals surface area contributed by atoms with Gasteiger partial charge in [0.05, 0.1) is 6.20 Å². The largest absolute Gasteiger partial charge is 0.426 e. The van der Waals surface area contributed by atoms with Gasteiger partial charge in [-0.2, -0.15) is 4.73 Å². The number of hydrogen-bond acceptors (Lipinski definition) is 2. The molecule has 8 heavy (non-hydrogen) atoms. The molecule has 3 nitrogen and oxygen atoms in total. The molecule has 0 fully saturated rings. The van der Waals surface area contributed by atoms with E-state index in [1.54, 1.807) is 0 Å². The summed E-state index contributed by atoms with van der Waals surface area (Å²) >= 11 is 2.97. The fraction of sp³-hybridized carbons (Fsp3) is 0. The van der Waals surface area contributed by atoms with Crippen LogP contribution in [0.25, 0.3) is 0 Å². The van der Waals surface area contributed by atoms with Crippen LogP contribution in [0.4, 0.5) is 0 Å². The van der Waals surface area contributed by atoms with Crippen LogP contribution in [0.3, 0.4) is 0 Å². The van der Waals surface area contributed by atoms with Crippen LogP contribution < -0.4 is 0 Å². The average molecular weight is 199 g/mol. The molecule has 0 aliphatic heterocycles. The maximum Gasteiger partial charge on any atom is 0.211 e. The lowest BCUT2D eigenvalue weighted by Gasteiger charge is -1.84. The lowest BCUT2D eigenvalue weighted by Crippen LogP contribution is -1.84. The van der Waals surface area contributed by atoms with Crippen LogP contribution in [0.1, 0.15) is 0 Å². The van der Waals surface area contributed by atoms with Gasteiger partial charge in [-0.3, -0.25) is 0 Å². The molecule has 0 aliphatic rings. The minimum atomic E-state index is 0. The standard InChI is InChI=1S/C3H3BrN2O.ClH/c4-3-5-1-2-6(3)7;/h1-2,7H;1H. The number of nitrogens with zero attached hydrogens (tertiary/aromatic N) is 2. The zero-order valence-electron chi connectivity index (χ0n) is 3.78. The van der Waals surface area contributed by atoms with Crippen molar-refractivity contribution in [2.75, 3.05) is 0 Å². The van der Waals surface area contributed by atoms with E-state index in [1.165, 1.54) is 12.4 Å². The summed E-state index contributed by atoms with van der Waals surface area (Å²) in [7, 11) is 0. The molecule has 0 unspecified atom stereocenters. The Balaban J connectivity index is 0.000000490. The van der Waals surface area contributed by atoms with Gasteiger partial charge in [0, 0.05) is 6.20 Å². The zero-order valence-corrected chi connectivity index (χ0v) is 6.19. The average Bonchev–Trinajstić information content (AvgIpc) is 1.91. The molecule has 1 rings (SSSR count). The van der Waals surface area contributed by atoms with E-state index >= 15 is 0 Å². The second-order valence-corrected chi connectivity index (χ2v) is 1.75. The van der Waals surface area contributed by atoms with Crippen molar-refractivity contribution in [3.05, 3.63) is 17.1 Å². The summed E-state index contributed by atoms with van der Waals surface area (Å²) in [6.45, 7) is 0. The van der Waals surface area contributed by atoms with Crippen LogP contribution >= 0.6 is 28.3 Å². The highest BCUT2D eigenvalue weighted by Crippen LogP contribution is 2.00. The highest BCUT2D eigenvalue weighted by atomic mass is 79.9. The smallest absolute Gasteiger partial charge is 0.211 e. The molecule has 0 aromatic carbocycles. The van der Waals surface area contributed by atoms with Crippen LogP contribution in [-0.4, -0.2) is 14.9 Å². The summed E-state index contributed by atoms with van der Waals surface area (Å²) < 4.78 is 1.31. The Morgan fingerprint density at radius 2 is 2.38 bits per heavy atom. The fourth-order valence-electron chi connectivity index (χ4n) is 0.279. The highest BCUT2D eigenvalue weighted by Gasteiger charge is 1.89. The molecule has 0 saturated carbocycles. The van der Waals surface area contributed by atoms with Crippen LogP contribution in [0.5, 0.6) is 0 Å². The first-order chi connectivity index (χ1) is 3.30. The SMILES string of the molecule is Cl.On1ccnc1Br. The van der Waals surface area contributed by atoms with Crippen molar-refractivity contribution in [2.24, 2.45) is 0 Å². The Morgan fingerprint density at radius 1 is 1.75 bits per heavy atom. The van der Waals surface area contributed by atoms with Crippen molar-refractivity contribution >= 4 is 28.3 Å². The van der Waals surface area contributed by atoms with E-state index in [4.69, 9.17) is 5.21 Å². The predicted molar refractivity (Wildman–Crippen MR) is 34.4 cm³/mol. The Labute approximate surface area is 60.8 Å². The summed E-state index contributed by atoms with van der Waals surface area (Å²) in [4.78, 5) is 3.65. The van der Waals surface area contributed by atoms with Gasteiger partial charge in [-0.05, 0) is 15.9 Å². The summed E-state index contributed by atoms with van der Waals surface area (Å²) in [6.07, 6.45) is 2.92. The van der Waals surface area contributed by atoms with E-state index in [0.717, 1.165) is 4.73 Å². The molecule has 1 N–H and O–H groups in total. The monoisotopic (exact) mass is 198 g/mol. The molecule has 1 aromatic heterocycles. The molecular weight excluding hydrogens is 195 g/mol. The van der Waals surface area contributed by atoms with Gasteiger partial charge in [0.25, 0.3) is 0 Å². The minimum Gasteiger partial charge on any atom is -0.426 e. The first-order valence-electron chi connectivity index (χ1n) is 1.69. The van der Waals surface area contributed by atoms with Gasteiger partial charge in [-0.1, -0.05) is 0 Å².